The van der Waals surface area contributed by atoms with Gasteiger partial charge in [0, 0.05) is 4.83 Å². The van der Waals surface area contributed by atoms with Gasteiger partial charge in [-0.2, -0.15) is 0 Å². The van der Waals surface area contributed by atoms with Crippen LogP contribution < -0.4 is 0 Å². The number of aliphatic hydroxyl groups excluding tert-OH is 1. The average molecular weight is 219 g/mol. The molecule has 4 atom stereocenters. The molecule has 0 spiro atoms. The Morgan fingerprint density at radius 3 is 2.55 bits per heavy atom. The van der Waals surface area contributed by atoms with E-state index in [1.165, 1.54) is 25.7 Å². The highest BCUT2D eigenvalue weighted by molar-refractivity contribution is 9.09. The van der Waals surface area contributed by atoms with Crippen molar-refractivity contribution >= 4 is 15.9 Å². The Balaban J connectivity index is 2.07. The lowest BCUT2D eigenvalue weighted by atomic mass is 9.80. The van der Waals surface area contributed by atoms with Crippen molar-refractivity contribution < 1.29 is 5.11 Å². The van der Waals surface area contributed by atoms with E-state index in [1.807, 2.05) is 0 Å². The Morgan fingerprint density at radius 1 is 1.00 bits per heavy atom. The molecule has 0 aromatic heterocycles. The van der Waals surface area contributed by atoms with Crippen LogP contribution in [0.1, 0.15) is 32.1 Å². The standard InChI is InChI=1S/C9H15BrO/c10-8-5-4-7-6(8)2-1-3-9(7)11/h6-9,11H,1-5H2/t6-,7-,8+,9+/m1/s1. The summed E-state index contributed by atoms with van der Waals surface area (Å²) in [5.74, 6) is 1.40. The van der Waals surface area contributed by atoms with Crippen LogP contribution >= 0.6 is 15.9 Å². The fourth-order valence-electron chi connectivity index (χ4n) is 2.70. The minimum absolute atomic E-state index is 0.0105. The molecule has 2 aliphatic rings. The molecule has 0 unspecified atom stereocenters. The smallest absolute Gasteiger partial charge is 0.0571 e. The van der Waals surface area contributed by atoms with E-state index in [9.17, 15) is 5.11 Å². The monoisotopic (exact) mass is 218 g/mol. The van der Waals surface area contributed by atoms with Crippen LogP contribution in [0.5, 0.6) is 0 Å². The molecule has 2 heteroatoms. The number of halogens is 1. The van der Waals surface area contributed by atoms with E-state index in [4.69, 9.17) is 0 Å². The minimum atomic E-state index is 0.0105. The van der Waals surface area contributed by atoms with Gasteiger partial charge in [-0.3, -0.25) is 0 Å². The fraction of sp³-hybridized carbons (Fsp3) is 1.00. The van der Waals surface area contributed by atoms with E-state index >= 15 is 0 Å². The molecule has 2 saturated carbocycles. The lowest BCUT2D eigenvalue weighted by Gasteiger charge is -2.31. The Labute approximate surface area is 76.3 Å². The van der Waals surface area contributed by atoms with Crippen LogP contribution in [0.4, 0.5) is 0 Å². The van der Waals surface area contributed by atoms with Gasteiger partial charge in [0.2, 0.25) is 0 Å². The highest BCUT2D eigenvalue weighted by atomic mass is 79.9. The van der Waals surface area contributed by atoms with Gasteiger partial charge in [-0.25, -0.2) is 0 Å². The van der Waals surface area contributed by atoms with Crippen molar-refractivity contribution in [2.45, 2.75) is 43.0 Å². The zero-order valence-corrected chi connectivity index (χ0v) is 8.26. The molecule has 1 N–H and O–H groups in total. The van der Waals surface area contributed by atoms with Crippen molar-refractivity contribution in [3.05, 3.63) is 0 Å². The lowest BCUT2D eigenvalue weighted by Crippen LogP contribution is -2.30. The summed E-state index contributed by atoms with van der Waals surface area (Å²) in [6.45, 7) is 0. The van der Waals surface area contributed by atoms with Crippen molar-refractivity contribution in [3.8, 4) is 0 Å². The van der Waals surface area contributed by atoms with Crippen molar-refractivity contribution in [1.29, 1.82) is 0 Å². The van der Waals surface area contributed by atoms with Crippen LogP contribution in [0.3, 0.4) is 0 Å². The Morgan fingerprint density at radius 2 is 1.82 bits per heavy atom. The molecule has 0 heterocycles. The highest BCUT2D eigenvalue weighted by Gasteiger charge is 2.40. The van der Waals surface area contributed by atoms with Crippen LogP contribution in [0.25, 0.3) is 0 Å². The molecule has 2 fully saturated rings. The van der Waals surface area contributed by atoms with Gasteiger partial charge in [0.25, 0.3) is 0 Å². The molecule has 64 valence electrons. The first kappa shape index (κ1) is 8.06. The third kappa shape index (κ3) is 1.35. The van der Waals surface area contributed by atoms with Crippen molar-refractivity contribution in [2.75, 3.05) is 0 Å². The maximum absolute atomic E-state index is 9.68. The fourth-order valence-corrected chi connectivity index (χ4v) is 3.62. The summed E-state index contributed by atoms with van der Waals surface area (Å²) < 4.78 is 0. The van der Waals surface area contributed by atoms with E-state index in [2.05, 4.69) is 15.9 Å². The maximum atomic E-state index is 9.68. The van der Waals surface area contributed by atoms with Crippen LogP contribution in [0.15, 0.2) is 0 Å². The van der Waals surface area contributed by atoms with Crippen LogP contribution in [0.2, 0.25) is 0 Å². The Bertz CT molecular complexity index is 146. The van der Waals surface area contributed by atoms with E-state index < -0.39 is 0 Å². The van der Waals surface area contributed by atoms with Crippen LogP contribution in [-0.2, 0) is 0 Å². The topological polar surface area (TPSA) is 20.2 Å². The number of rotatable bonds is 0. The molecule has 0 bridgehead atoms. The van der Waals surface area contributed by atoms with Gasteiger partial charge >= 0.3 is 0 Å². The summed E-state index contributed by atoms with van der Waals surface area (Å²) in [5, 5.41) is 9.68. The summed E-state index contributed by atoms with van der Waals surface area (Å²) in [4.78, 5) is 0.697. The summed E-state index contributed by atoms with van der Waals surface area (Å²) in [6, 6.07) is 0. The molecule has 0 radical (unpaired) electrons. The van der Waals surface area contributed by atoms with E-state index in [0.717, 1.165) is 12.3 Å². The van der Waals surface area contributed by atoms with Crippen LogP contribution in [-0.4, -0.2) is 16.0 Å². The molecule has 11 heavy (non-hydrogen) atoms. The van der Waals surface area contributed by atoms with Gasteiger partial charge in [0.1, 0.15) is 0 Å². The second kappa shape index (κ2) is 3.06. The molecule has 0 saturated heterocycles. The molecule has 0 aromatic carbocycles. The zero-order valence-electron chi connectivity index (χ0n) is 6.67. The van der Waals surface area contributed by atoms with Gasteiger partial charge in [0.15, 0.2) is 0 Å². The van der Waals surface area contributed by atoms with Crippen molar-refractivity contribution in [1.82, 2.24) is 0 Å². The highest BCUT2D eigenvalue weighted by Crippen LogP contribution is 2.45. The lowest BCUT2D eigenvalue weighted by molar-refractivity contribution is 0.0489. The number of aliphatic hydroxyl groups is 1. The van der Waals surface area contributed by atoms with Crippen molar-refractivity contribution in [2.24, 2.45) is 11.8 Å². The first-order valence-corrected chi connectivity index (χ1v) is 5.53. The second-order valence-corrected chi connectivity index (χ2v) is 5.10. The van der Waals surface area contributed by atoms with Crippen LogP contribution in [0, 0.1) is 11.8 Å². The number of fused-ring (bicyclic) bond motifs is 1. The first-order valence-electron chi connectivity index (χ1n) is 4.61. The molecular weight excluding hydrogens is 204 g/mol. The van der Waals surface area contributed by atoms with Gasteiger partial charge < -0.3 is 5.11 Å². The Kier molecular flexibility index (Phi) is 2.24. The van der Waals surface area contributed by atoms with E-state index in [0.29, 0.717) is 10.7 Å². The first-order chi connectivity index (χ1) is 5.29. The van der Waals surface area contributed by atoms with E-state index in [-0.39, 0.29) is 6.10 Å². The average Bonchev–Trinajstić information content (AvgIpc) is 2.35. The van der Waals surface area contributed by atoms with Crippen molar-refractivity contribution in [3.63, 3.8) is 0 Å². The normalized spacial score (nSPS) is 50.7. The SMILES string of the molecule is O[C@H]1CCC[C@@H]2[C@H]1CC[C@@H]2Br. The van der Waals surface area contributed by atoms with E-state index in [1.54, 1.807) is 0 Å². The maximum Gasteiger partial charge on any atom is 0.0571 e. The third-order valence-electron chi connectivity index (χ3n) is 3.32. The summed E-state index contributed by atoms with van der Waals surface area (Å²) in [6.07, 6.45) is 6.12. The summed E-state index contributed by atoms with van der Waals surface area (Å²) >= 11 is 3.70. The second-order valence-electron chi connectivity index (χ2n) is 3.92. The number of alkyl halides is 1. The van der Waals surface area contributed by atoms with Gasteiger partial charge in [0.05, 0.1) is 6.10 Å². The van der Waals surface area contributed by atoms with Gasteiger partial charge in [-0.05, 0) is 37.5 Å². The number of hydrogen-bond acceptors (Lipinski definition) is 1. The third-order valence-corrected chi connectivity index (χ3v) is 4.46. The summed E-state index contributed by atoms with van der Waals surface area (Å²) in [7, 11) is 0. The zero-order chi connectivity index (χ0) is 7.84. The van der Waals surface area contributed by atoms with Gasteiger partial charge in [-0.15, -0.1) is 0 Å². The van der Waals surface area contributed by atoms with Gasteiger partial charge in [-0.1, -0.05) is 22.4 Å². The molecule has 0 aliphatic heterocycles. The molecule has 2 aliphatic carbocycles. The number of hydrogen-bond donors (Lipinski definition) is 1. The molecule has 2 rings (SSSR count). The predicted octanol–water partition coefficient (Wildman–Crippen LogP) is 2.32. The predicted molar refractivity (Wildman–Crippen MR) is 48.8 cm³/mol. The molecule has 0 aromatic rings. The Hall–Kier alpha value is 0.440. The molecule has 1 nitrogen and oxygen atoms in total. The minimum Gasteiger partial charge on any atom is -0.393 e. The molecule has 0 amide bonds. The largest absolute Gasteiger partial charge is 0.393 e. The summed E-state index contributed by atoms with van der Waals surface area (Å²) in [5.41, 5.74) is 0. The molecular formula is C9H15BrO. The quantitative estimate of drug-likeness (QED) is 0.620.